The zero-order chi connectivity index (χ0) is 10.7. The predicted molar refractivity (Wildman–Crippen MR) is 57.2 cm³/mol. The molecule has 1 aliphatic heterocycles. The summed E-state index contributed by atoms with van der Waals surface area (Å²) in [6.07, 6.45) is 4.68. The molecule has 1 unspecified atom stereocenters. The second kappa shape index (κ2) is 4.26. The first-order valence-electron chi connectivity index (χ1n) is 5.16. The van der Waals surface area contributed by atoms with Crippen LogP contribution in [0.4, 0.5) is 0 Å². The first kappa shape index (κ1) is 10.5. The van der Waals surface area contributed by atoms with Crippen molar-refractivity contribution < 1.29 is 8.42 Å². The van der Waals surface area contributed by atoms with Gasteiger partial charge in [-0.2, -0.15) is 10.2 Å². The van der Waals surface area contributed by atoms with E-state index in [0.717, 1.165) is 25.0 Å². The molecule has 0 saturated carbocycles. The fourth-order valence-corrected chi connectivity index (χ4v) is 3.82. The SMILES string of the molecule is O=S1(=O)CCCCC1Cc1cccnn1. The van der Waals surface area contributed by atoms with E-state index in [2.05, 4.69) is 10.2 Å². The van der Waals surface area contributed by atoms with Crippen LogP contribution in [0, 0.1) is 0 Å². The number of hydrogen-bond acceptors (Lipinski definition) is 4. The van der Waals surface area contributed by atoms with Gasteiger partial charge in [0, 0.05) is 12.6 Å². The Morgan fingerprint density at radius 1 is 1.40 bits per heavy atom. The van der Waals surface area contributed by atoms with Crippen LogP contribution in [0.2, 0.25) is 0 Å². The summed E-state index contributed by atoms with van der Waals surface area (Å²) in [5, 5.41) is 7.43. The van der Waals surface area contributed by atoms with E-state index in [1.54, 1.807) is 12.3 Å². The molecule has 2 heterocycles. The van der Waals surface area contributed by atoms with Crippen molar-refractivity contribution in [2.75, 3.05) is 5.75 Å². The highest BCUT2D eigenvalue weighted by molar-refractivity contribution is 7.92. The van der Waals surface area contributed by atoms with Crippen LogP contribution >= 0.6 is 0 Å². The predicted octanol–water partition coefficient (Wildman–Crippen LogP) is 0.986. The number of hydrogen-bond donors (Lipinski definition) is 0. The molecule has 0 amide bonds. The smallest absolute Gasteiger partial charge is 0.153 e. The molecule has 1 atom stereocenters. The Hall–Kier alpha value is -0.970. The lowest BCUT2D eigenvalue weighted by molar-refractivity contribution is 0.535. The summed E-state index contributed by atoms with van der Waals surface area (Å²) < 4.78 is 23.5. The average molecular weight is 226 g/mol. The summed E-state index contributed by atoms with van der Waals surface area (Å²) in [6, 6.07) is 3.62. The van der Waals surface area contributed by atoms with Crippen molar-refractivity contribution in [1.29, 1.82) is 0 Å². The summed E-state index contributed by atoms with van der Waals surface area (Å²) in [6.45, 7) is 0. The fraction of sp³-hybridized carbons (Fsp3) is 0.600. The van der Waals surface area contributed by atoms with Crippen LogP contribution in [-0.2, 0) is 16.3 Å². The van der Waals surface area contributed by atoms with Crippen molar-refractivity contribution >= 4 is 9.84 Å². The third-order valence-electron chi connectivity index (χ3n) is 2.78. The minimum absolute atomic E-state index is 0.247. The molecule has 0 bridgehead atoms. The number of aromatic nitrogens is 2. The van der Waals surface area contributed by atoms with Gasteiger partial charge in [-0.1, -0.05) is 6.42 Å². The minimum Gasteiger partial charge on any atom is -0.229 e. The maximum atomic E-state index is 11.7. The fourth-order valence-electron chi connectivity index (χ4n) is 1.93. The third-order valence-corrected chi connectivity index (χ3v) is 5.05. The molecule has 2 rings (SSSR count). The summed E-state index contributed by atoms with van der Waals surface area (Å²) in [4.78, 5) is 0. The molecule has 0 aliphatic carbocycles. The lowest BCUT2D eigenvalue weighted by Crippen LogP contribution is -2.30. The molecule has 1 fully saturated rings. The van der Waals surface area contributed by atoms with Gasteiger partial charge >= 0.3 is 0 Å². The van der Waals surface area contributed by atoms with Crippen LogP contribution < -0.4 is 0 Å². The van der Waals surface area contributed by atoms with Gasteiger partial charge in [-0.15, -0.1) is 0 Å². The Balaban J connectivity index is 2.12. The van der Waals surface area contributed by atoms with Gasteiger partial charge in [0.25, 0.3) is 0 Å². The molecular formula is C10H14N2O2S. The molecule has 82 valence electrons. The van der Waals surface area contributed by atoms with Crippen LogP contribution in [0.1, 0.15) is 25.0 Å². The Morgan fingerprint density at radius 2 is 2.27 bits per heavy atom. The lowest BCUT2D eigenvalue weighted by atomic mass is 10.1. The zero-order valence-corrected chi connectivity index (χ0v) is 9.28. The molecule has 15 heavy (non-hydrogen) atoms. The summed E-state index contributed by atoms with van der Waals surface area (Å²) >= 11 is 0. The molecule has 0 N–H and O–H groups in total. The first-order chi connectivity index (χ1) is 7.18. The van der Waals surface area contributed by atoms with E-state index in [-0.39, 0.29) is 5.25 Å². The van der Waals surface area contributed by atoms with E-state index < -0.39 is 9.84 Å². The van der Waals surface area contributed by atoms with Gasteiger partial charge in [-0.3, -0.25) is 0 Å². The van der Waals surface area contributed by atoms with Crippen LogP contribution in [0.3, 0.4) is 0 Å². The normalized spacial score (nSPS) is 24.9. The first-order valence-corrected chi connectivity index (χ1v) is 6.88. The molecule has 0 spiro atoms. The van der Waals surface area contributed by atoms with Crippen molar-refractivity contribution in [3.05, 3.63) is 24.0 Å². The molecule has 1 aliphatic rings. The second-order valence-corrected chi connectivity index (χ2v) is 6.30. The van der Waals surface area contributed by atoms with Gasteiger partial charge in [0.05, 0.1) is 16.7 Å². The van der Waals surface area contributed by atoms with Gasteiger partial charge in [0.1, 0.15) is 0 Å². The van der Waals surface area contributed by atoms with Crippen molar-refractivity contribution in [2.45, 2.75) is 30.9 Å². The van der Waals surface area contributed by atoms with Crippen LogP contribution in [0.5, 0.6) is 0 Å². The second-order valence-electron chi connectivity index (χ2n) is 3.90. The monoisotopic (exact) mass is 226 g/mol. The average Bonchev–Trinajstić information content (AvgIpc) is 2.23. The molecule has 5 heteroatoms. The van der Waals surface area contributed by atoms with E-state index in [9.17, 15) is 8.42 Å². The molecule has 1 saturated heterocycles. The molecule has 1 aromatic rings. The highest BCUT2D eigenvalue weighted by atomic mass is 32.2. The van der Waals surface area contributed by atoms with Crippen LogP contribution in [0.15, 0.2) is 18.3 Å². The molecule has 1 aromatic heterocycles. The van der Waals surface area contributed by atoms with E-state index >= 15 is 0 Å². The Labute approximate surface area is 89.6 Å². The zero-order valence-electron chi connectivity index (χ0n) is 8.46. The molecule has 0 aromatic carbocycles. The summed E-state index contributed by atoms with van der Waals surface area (Å²) in [7, 11) is -2.89. The van der Waals surface area contributed by atoms with Gasteiger partial charge < -0.3 is 0 Å². The third kappa shape index (κ3) is 2.53. The van der Waals surface area contributed by atoms with Crippen LogP contribution in [0.25, 0.3) is 0 Å². The number of nitrogens with zero attached hydrogens (tertiary/aromatic N) is 2. The van der Waals surface area contributed by atoms with Crippen molar-refractivity contribution in [2.24, 2.45) is 0 Å². The largest absolute Gasteiger partial charge is 0.229 e. The van der Waals surface area contributed by atoms with Gasteiger partial charge in [0.2, 0.25) is 0 Å². The Morgan fingerprint density at radius 3 is 2.93 bits per heavy atom. The Kier molecular flexibility index (Phi) is 3.00. The quantitative estimate of drug-likeness (QED) is 0.754. The number of rotatable bonds is 2. The molecule has 4 nitrogen and oxygen atoms in total. The lowest BCUT2D eigenvalue weighted by Gasteiger charge is -2.21. The minimum atomic E-state index is -2.89. The topological polar surface area (TPSA) is 59.9 Å². The maximum Gasteiger partial charge on any atom is 0.153 e. The van der Waals surface area contributed by atoms with Gasteiger partial charge in [0.15, 0.2) is 9.84 Å². The highest BCUT2D eigenvalue weighted by Crippen LogP contribution is 2.22. The van der Waals surface area contributed by atoms with Gasteiger partial charge in [-0.05, 0) is 25.0 Å². The maximum absolute atomic E-state index is 11.7. The van der Waals surface area contributed by atoms with E-state index in [4.69, 9.17) is 0 Å². The van der Waals surface area contributed by atoms with Crippen molar-refractivity contribution in [1.82, 2.24) is 10.2 Å². The Bertz CT molecular complexity index is 416. The van der Waals surface area contributed by atoms with E-state index in [0.29, 0.717) is 12.2 Å². The van der Waals surface area contributed by atoms with Crippen molar-refractivity contribution in [3.8, 4) is 0 Å². The molecular weight excluding hydrogens is 212 g/mol. The summed E-state index contributed by atoms with van der Waals surface area (Å²) in [5.74, 6) is 0.331. The summed E-state index contributed by atoms with van der Waals surface area (Å²) in [5.41, 5.74) is 0.771. The highest BCUT2D eigenvalue weighted by Gasteiger charge is 2.29. The van der Waals surface area contributed by atoms with E-state index in [1.165, 1.54) is 0 Å². The van der Waals surface area contributed by atoms with E-state index in [1.807, 2.05) is 6.07 Å². The number of sulfone groups is 1. The molecule has 0 radical (unpaired) electrons. The standard InChI is InChI=1S/C10H14N2O2S/c13-15(14)7-2-1-5-10(15)8-9-4-3-6-11-12-9/h3-4,6,10H,1-2,5,7-8H2. The van der Waals surface area contributed by atoms with Crippen LogP contribution in [-0.4, -0.2) is 29.6 Å². The van der Waals surface area contributed by atoms with Gasteiger partial charge in [-0.25, -0.2) is 8.42 Å². The van der Waals surface area contributed by atoms with Crippen molar-refractivity contribution in [3.63, 3.8) is 0 Å².